The molecule has 0 radical (unpaired) electrons. The molecule has 1 heterocycles. The minimum absolute atomic E-state index is 0.0610. The van der Waals surface area contributed by atoms with E-state index in [0.29, 0.717) is 5.56 Å². The Morgan fingerprint density at radius 1 is 1.47 bits per heavy atom. The molecule has 0 fully saturated rings. The van der Waals surface area contributed by atoms with Gasteiger partial charge in [-0.05, 0) is 24.6 Å². The molecule has 4 N–H and O–H groups in total. The van der Waals surface area contributed by atoms with E-state index >= 15 is 0 Å². The van der Waals surface area contributed by atoms with E-state index in [1.165, 1.54) is 18.3 Å². The van der Waals surface area contributed by atoms with E-state index in [4.69, 9.17) is 18.0 Å². The van der Waals surface area contributed by atoms with E-state index in [1.54, 1.807) is 13.0 Å². The molecule has 2 aromatic rings. The zero-order valence-corrected chi connectivity index (χ0v) is 10.8. The first kappa shape index (κ1) is 13.2. The van der Waals surface area contributed by atoms with Crippen molar-refractivity contribution in [2.45, 2.75) is 6.92 Å². The molecule has 0 atom stereocenters. The molecule has 0 bridgehead atoms. The Hall–Kier alpha value is -2.28. The number of carbonyl (C=O) groups is 1. The average molecular weight is 278 g/mol. The maximum atomic E-state index is 13.7. The van der Waals surface area contributed by atoms with Crippen LogP contribution >= 0.6 is 12.2 Å². The van der Waals surface area contributed by atoms with E-state index in [0.717, 1.165) is 5.56 Å². The van der Waals surface area contributed by atoms with Crippen LogP contribution in [0.5, 0.6) is 0 Å². The van der Waals surface area contributed by atoms with Gasteiger partial charge in [0.15, 0.2) is 0 Å². The summed E-state index contributed by atoms with van der Waals surface area (Å²) in [5.41, 5.74) is 6.54. The number of nitrogens with zero attached hydrogens (tertiary/aromatic N) is 1. The zero-order chi connectivity index (χ0) is 14.0. The molecule has 19 heavy (non-hydrogen) atoms. The Kier molecular flexibility index (Phi) is 3.57. The van der Waals surface area contributed by atoms with Gasteiger partial charge >= 0.3 is 0 Å². The summed E-state index contributed by atoms with van der Waals surface area (Å²) in [6, 6.07) is 4.35. The van der Waals surface area contributed by atoms with Crippen molar-refractivity contribution < 1.29 is 9.18 Å². The van der Waals surface area contributed by atoms with Gasteiger partial charge in [0.25, 0.3) is 5.91 Å². The van der Waals surface area contributed by atoms with Gasteiger partial charge in [-0.3, -0.25) is 9.89 Å². The van der Waals surface area contributed by atoms with Crippen molar-refractivity contribution in [1.29, 1.82) is 0 Å². The molecule has 5 nitrogen and oxygen atoms in total. The summed E-state index contributed by atoms with van der Waals surface area (Å²) in [5, 5.41) is 8.76. The molecule has 0 aliphatic heterocycles. The molecule has 1 amide bonds. The van der Waals surface area contributed by atoms with Crippen LogP contribution in [0.15, 0.2) is 24.4 Å². The summed E-state index contributed by atoms with van der Waals surface area (Å²) >= 11 is 4.81. The van der Waals surface area contributed by atoms with Crippen molar-refractivity contribution in [1.82, 2.24) is 10.2 Å². The lowest BCUT2D eigenvalue weighted by Crippen LogP contribution is -2.18. The molecule has 0 spiro atoms. The number of rotatable bonds is 3. The number of anilines is 1. The third kappa shape index (κ3) is 2.76. The fourth-order valence-corrected chi connectivity index (χ4v) is 1.71. The molecule has 0 unspecified atom stereocenters. The van der Waals surface area contributed by atoms with Gasteiger partial charge in [-0.15, -0.1) is 0 Å². The highest BCUT2D eigenvalue weighted by atomic mass is 32.1. The summed E-state index contributed by atoms with van der Waals surface area (Å²) in [7, 11) is 0. The summed E-state index contributed by atoms with van der Waals surface area (Å²) in [6.07, 6.45) is 1.39. The topological polar surface area (TPSA) is 83.8 Å². The number of aromatic amines is 1. The van der Waals surface area contributed by atoms with E-state index in [1.807, 2.05) is 0 Å². The number of benzene rings is 1. The number of halogens is 1. The number of amides is 1. The molecule has 1 aromatic carbocycles. The van der Waals surface area contributed by atoms with Crippen molar-refractivity contribution in [3.63, 3.8) is 0 Å². The molecule has 0 saturated heterocycles. The first-order valence-corrected chi connectivity index (χ1v) is 5.80. The molecule has 7 heteroatoms. The lowest BCUT2D eigenvalue weighted by atomic mass is 10.1. The quantitative estimate of drug-likeness (QED) is 0.747. The Morgan fingerprint density at radius 3 is 2.84 bits per heavy atom. The average Bonchev–Trinajstić information content (AvgIpc) is 2.76. The largest absolute Gasteiger partial charge is 0.389 e. The van der Waals surface area contributed by atoms with E-state index in [-0.39, 0.29) is 16.4 Å². The lowest BCUT2D eigenvalue weighted by molar-refractivity contribution is 0.102. The Labute approximate surface area is 114 Å². The predicted molar refractivity (Wildman–Crippen MR) is 73.6 cm³/mol. The summed E-state index contributed by atoms with van der Waals surface area (Å²) in [5.74, 6) is -0.939. The number of hydrogen-bond acceptors (Lipinski definition) is 3. The SMILES string of the molecule is Cc1ccc(C(=O)Nc2[nH]ncc2C(N)=S)c(F)c1. The van der Waals surface area contributed by atoms with Gasteiger partial charge in [-0.25, -0.2) is 4.39 Å². The molecule has 1 aromatic heterocycles. The Bertz CT molecular complexity index is 653. The Balaban J connectivity index is 2.26. The second-order valence-electron chi connectivity index (χ2n) is 3.96. The van der Waals surface area contributed by atoms with Crippen molar-refractivity contribution in [2.24, 2.45) is 5.73 Å². The summed E-state index contributed by atoms with van der Waals surface area (Å²) in [4.78, 5) is 12.0. The van der Waals surface area contributed by atoms with Crippen molar-refractivity contribution >= 4 is 28.9 Å². The minimum atomic E-state index is -0.598. The number of aromatic nitrogens is 2. The second-order valence-corrected chi connectivity index (χ2v) is 4.40. The lowest BCUT2D eigenvalue weighted by Gasteiger charge is -2.06. The highest BCUT2D eigenvalue weighted by Gasteiger charge is 2.15. The van der Waals surface area contributed by atoms with Gasteiger partial charge in [-0.2, -0.15) is 5.10 Å². The van der Waals surface area contributed by atoms with Crippen LogP contribution in [-0.4, -0.2) is 21.1 Å². The van der Waals surface area contributed by atoms with Gasteiger partial charge in [0.1, 0.15) is 16.6 Å². The number of H-pyrrole nitrogens is 1. The van der Waals surface area contributed by atoms with E-state index in [9.17, 15) is 9.18 Å². The third-order valence-corrected chi connectivity index (χ3v) is 2.73. The molecule has 0 aliphatic carbocycles. The van der Waals surface area contributed by atoms with Gasteiger partial charge < -0.3 is 11.1 Å². The van der Waals surface area contributed by atoms with Crippen molar-refractivity contribution in [2.75, 3.05) is 5.32 Å². The van der Waals surface area contributed by atoms with Gasteiger partial charge in [-0.1, -0.05) is 18.3 Å². The molecule has 0 saturated carbocycles. The normalized spacial score (nSPS) is 10.2. The van der Waals surface area contributed by atoms with Gasteiger partial charge in [0.05, 0.1) is 17.3 Å². The third-order valence-electron chi connectivity index (χ3n) is 2.51. The van der Waals surface area contributed by atoms with Crippen molar-refractivity contribution in [3.8, 4) is 0 Å². The summed E-state index contributed by atoms with van der Waals surface area (Å²) in [6.45, 7) is 1.74. The van der Waals surface area contributed by atoms with Crippen LogP contribution in [0, 0.1) is 12.7 Å². The van der Waals surface area contributed by atoms with Crippen molar-refractivity contribution in [3.05, 3.63) is 46.9 Å². The van der Waals surface area contributed by atoms with Gasteiger partial charge in [0, 0.05) is 0 Å². The number of hydrogen-bond donors (Lipinski definition) is 3. The van der Waals surface area contributed by atoms with E-state index in [2.05, 4.69) is 15.5 Å². The second kappa shape index (κ2) is 5.15. The number of nitrogens with one attached hydrogen (secondary N) is 2. The highest BCUT2D eigenvalue weighted by molar-refractivity contribution is 7.80. The van der Waals surface area contributed by atoms with Crippen LogP contribution in [-0.2, 0) is 0 Å². The van der Waals surface area contributed by atoms with Crippen LogP contribution in [0.25, 0.3) is 0 Å². The number of carbonyl (C=O) groups excluding carboxylic acids is 1. The molecule has 2 rings (SSSR count). The smallest absolute Gasteiger partial charge is 0.259 e. The Morgan fingerprint density at radius 2 is 2.21 bits per heavy atom. The molecule has 0 aliphatic rings. The first-order chi connectivity index (χ1) is 8.99. The van der Waals surface area contributed by atoms with Gasteiger partial charge in [0.2, 0.25) is 0 Å². The number of aryl methyl sites for hydroxylation is 1. The standard InChI is InChI=1S/C12H11FN4OS/c1-6-2-3-7(9(13)4-6)12(18)16-11-8(10(14)19)5-15-17-11/h2-5H,1H3,(H2,14,19)(H2,15,16,17,18). The molecule has 98 valence electrons. The predicted octanol–water partition coefficient (Wildman–Crippen LogP) is 1.74. The highest BCUT2D eigenvalue weighted by Crippen LogP contribution is 2.15. The fourth-order valence-electron chi connectivity index (χ4n) is 1.55. The van der Waals surface area contributed by atoms with Crippen LogP contribution in [0.4, 0.5) is 10.2 Å². The summed E-state index contributed by atoms with van der Waals surface area (Å²) < 4.78 is 13.7. The van der Waals surface area contributed by atoms with Crippen LogP contribution in [0.1, 0.15) is 21.5 Å². The van der Waals surface area contributed by atoms with Crippen LogP contribution in [0.3, 0.4) is 0 Å². The van der Waals surface area contributed by atoms with Crippen LogP contribution in [0.2, 0.25) is 0 Å². The minimum Gasteiger partial charge on any atom is -0.389 e. The molecular weight excluding hydrogens is 267 g/mol. The van der Waals surface area contributed by atoms with E-state index < -0.39 is 11.7 Å². The zero-order valence-electron chi connectivity index (χ0n) is 10.0. The first-order valence-electron chi connectivity index (χ1n) is 5.39. The maximum absolute atomic E-state index is 13.7. The maximum Gasteiger partial charge on any atom is 0.259 e. The monoisotopic (exact) mass is 278 g/mol. The number of nitrogens with two attached hydrogens (primary N) is 1. The fraction of sp³-hybridized carbons (Fsp3) is 0.0833. The molecular formula is C12H11FN4OS. The van der Waals surface area contributed by atoms with Crippen LogP contribution < -0.4 is 11.1 Å². The number of thiocarbonyl (C=S) groups is 1.